The number of hydrogen-bond acceptors (Lipinski definition) is 5. The number of fused-ring (bicyclic) bond motifs is 1. The number of nitro groups is 1. The van der Waals surface area contributed by atoms with E-state index in [2.05, 4.69) is 11.9 Å². The third-order valence-electron chi connectivity index (χ3n) is 4.11. The lowest BCUT2D eigenvalue weighted by Gasteiger charge is -2.14. The number of non-ortho nitro benzene ring substituents is 1. The van der Waals surface area contributed by atoms with Crippen LogP contribution in [0.5, 0.6) is 11.5 Å². The number of benzene rings is 1. The van der Waals surface area contributed by atoms with Crippen LogP contribution in [0.1, 0.15) is 52.4 Å². The smallest absolute Gasteiger partial charge is 0.294 e. The van der Waals surface area contributed by atoms with E-state index in [4.69, 9.17) is 9.47 Å². The van der Waals surface area contributed by atoms with Crippen LogP contribution < -0.4 is 15.0 Å². The van der Waals surface area contributed by atoms with E-state index in [1.54, 1.807) is 6.07 Å². The van der Waals surface area contributed by atoms with Gasteiger partial charge in [-0.1, -0.05) is 39.5 Å². The van der Waals surface area contributed by atoms with Gasteiger partial charge in [0.1, 0.15) is 0 Å². The largest absolute Gasteiger partial charge is 0.489 e. The van der Waals surface area contributed by atoms with Crippen molar-refractivity contribution in [3.8, 4) is 11.5 Å². The molecule has 1 N–H and O–H groups in total. The van der Waals surface area contributed by atoms with Crippen molar-refractivity contribution >= 4 is 16.6 Å². The lowest BCUT2D eigenvalue weighted by Crippen LogP contribution is -2.15. The molecule has 7 nitrogen and oxygen atoms in total. The summed E-state index contributed by atoms with van der Waals surface area (Å²) in [5, 5.41) is 11.6. The Kier molecular flexibility index (Phi) is 7.44. The number of aromatic nitrogens is 1. The van der Waals surface area contributed by atoms with Crippen LogP contribution in [0.3, 0.4) is 0 Å². The second kappa shape index (κ2) is 9.79. The number of hydrogen-bond donors (Lipinski definition) is 1. The van der Waals surface area contributed by atoms with Gasteiger partial charge in [0.05, 0.1) is 23.7 Å². The van der Waals surface area contributed by atoms with Crippen LogP contribution in [0.15, 0.2) is 23.0 Å². The number of aromatic amines is 1. The quantitative estimate of drug-likeness (QED) is 0.359. The Hall–Kier alpha value is -2.57. The van der Waals surface area contributed by atoms with Crippen LogP contribution in [0.2, 0.25) is 0 Å². The Balaban J connectivity index is 2.37. The van der Waals surface area contributed by atoms with E-state index >= 15 is 0 Å². The monoisotopic (exact) mass is 362 g/mol. The highest BCUT2D eigenvalue weighted by Crippen LogP contribution is 2.33. The first kappa shape index (κ1) is 19.8. The van der Waals surface area contributed by atoms with Gasteiger partial charge in [-0.25, -0.2) is 0 Å². The molecule has 0 atom stereocenters. The molecular weight excluding hydrogens is 336 g/mol. The lowest BCUT2D eigenvalue weighted by atomic mass is 10.1. The molecule has 0 saturated carbocycles. The first-order chi connectivity index (χ1) is 12.6. The van der Waals surface area contributed by atoms with E-state index in [0.29, 0.717) is 29.9 Å². The number of nitrogens with one attached hydrogen (secondary N) is 1. The van der Waals surface area contributed by atoms with Crippen LogP contribution >= 0.6 is 0 Å². The molecule has 1 aromatic heterocycles. The zero-order valence-corrected chi connectivity index (χ0v) is 15.4. The van der Waals surface area contributed by atoms with E-state index in [9.17, 15) is 14.9 Å². The van der Waals surface area contributed by atoms with Gasteiger partial charge in [-0.2, -0.15) is 0 Å². The summed E-state index contributed by atoms with van der Waals surface area (Å²) >= 11 is 0. The average Bonchev–Trinajstić information content (AvgIpc) is 2.62. The Morgan fingerprint density at radius 3 is 2.38 bits per heavy atom. The van der Waals surface area contributed by atoms with Crippen LogP contribution in [-0.4, -0.2) is 23.1 Å². The van der Waals surface area contributed by atoms with Crippen molar-refractivity contribution in [1.82, 2.24) is 4.98 Å². The topological polar surface area (TPSA) is 94.5 Å². The van der Waals surface area contributed by atoms with Gasteiger partial charge in [0, 0.05) is 17.5 Å². The fourth-order valence-electron chi connectivity index (χ4n) is 2.65. The molecule has 0 aliphatic carbocycles. The van der Waals surface area contributed by atoms with Gasteiger partial charge in [0.25, 0.3) is 11.2 Å². The maximum atomic E-state index is 12.4. The molecular formula is C19H26N2O5. The Bertz CT molecular complexity index is 800. The summed E-state index contributed by atoms with van der Waals surface area (Å²) in [7, 11) is 0. The highest BCUT2D eigenvalue weighted by atomic mass is 16.6. The molecule has 0 spiro atoms. The number of nitrogens with zero attached hydrogens (tertiary/aromatic N) is 1. The molecule has 26 heavy (non-hydrogen) atoms. The highest BCUT2D eigenvalue weighted by Gasteiger charge is 2.18. The zero-order valence-electron chi connectivity index (χ0n) is 15.4. The molecule has 0 amide bonds. The minimum Gasteiger partial charge on any atom is -0.489 e. The molecule has 0 aliphatic rings. The van der Waals surface area contributed by atoms with Crippen LogP contribution in [0, 0.1) is 10.1 Å². The second-order valence-electron chi connectivity index (χ2n) is 6.21. The van der Waals surface area contributed by atoms with Gasteiger partial charge in [-0.15, -0.1) is 0 Å². The minimum atomic E-state index is -0.491. The molecule has 7 heteroatoms. The predicted molar refractivity (Wildman–Crippen MR) is 101 cm³/mol. The molecule has 0 unspecified atom stereocenters. The van der Waals surface area contributed by atoms with Gasteiger partial charge in [0.2, 0.25) is 5.75 Å². The molecule has 2 rings (SSSR count). The third-order valence-corrected chi connectivity index (χ3v) is 4.11. The summed E-state index contributed by atoms with van der Waals surface area (Å²) < 4.78 is 11.6. The molecule has 142 valence electrons. The van der Waals surface area contributed by atoms with E-state index < -0.39 is 10.5 Å². The Labute approximate surface area is 152 Å². The molecule has 0 bridgehead atoms. The Morgan fingerprint density at radius 2 is 1.69 bits per heavy atom. The van der Waals surface area contributed by atoms with E-state index in [1.165, 1.54) is 12.1 Å². The summed E-state index contributed by atoms with van der Waals surface area (Å²) in [5.41, 5.74) is -0.144. The Morgan fingerprint density at radius 1 is 1.00 bits per heavy atom. The van der Waals surface area contributed by atoms with Crippen molar-refractivity contribution in [1.29, 1.82) is 0 Å². The van der Waals surface area contributed by atoms with Crippen molar-refractivity contribution in [2.75, 3.05) is 13.2 Å². The fraction of sp³-hybridized carbons (Fsp3) is 0.526. The van der Waals surface area contributed by atoms with Gasteiger partial charge < -0.3 is 14.5 Å². The fourth-order valence-corrected chi connectivity index (χ4v) is 2.65. The number of unbranched alkanes of at least 4 members (excludes halogenated alkanes) is 4. The highest BCUT2D eigenvalue weighted by molar-refractivity contribution is 5.88. The van der Waals surface area contributed by atoms with Gasteiger partial charge in [-0.05, 0) is 18.9 Å². The average molecular weight is 362 g/mol. The molecule has 0 fully saturated rings. The maximum Gasteiger partial charge on any atom is 0.294 e. The number of H-pyrrole nitrogens is 1. The summed E-state index contributed by atoms with van der Waals surface area (Å²) in [6.45, 7) is 5.07. The predicted octanol–water partition coefficient (Wildman–Crippen LogP) is 4.57. The first-order valence-corrected chi connectivity index (χ1v) is 9.18. The van der Waals surface area contributed by atoms with Crippen molar-refractivity contribution in [3.63, 3.8) is 0 Å². The molecule has 1 aromatic carbocycles. The van der Waals surface area contributed by atoms with Gasteiger partial charge >= 0.3 is 0 Å². The van der Waals surface area contributed by atoms with Gasteiger partial charge in [-0.3, -0.25) is 14.9 Å². The number of rotatable bonds is 11. The molecule has 0 aliphatic heterocycles. The second-order valence-corrected chi connectivity index (χ2v) is 6.21. The third kappa shape index (κ3) is 4.97. The summed E-state index contributed by atoms with van der Waals surface area (Å²) in [5.74, 6) is 0.515. The molecule has 0 saturated heterocycles. The van der Waals surface area contributed by atoms with E-state index in [1.807, 2.05) is 6.92 Å². The standard InChI is InChI=1S/C19H26N2O5/c1-3-5-7-8-12-25-17-15-10-9-14(21(23)24)13-16(15)20-19(22)18(17)26-11-6-4-2/h9-10,13H,3-8,11-12H2,1-2H3,(H,20,22). The summed E-state index contributed by atoms with van der Waals surface area (Å²) in [6.07, 6.45) is 5.96. The van der Waals surface area contributed by atoms with Crippen molar-refractivity contribution in [3.05, 3.63) is 38.7 Å². The van der Waals surface area contributed by atoms with Crippen LogP contribution in [-0.2, 0) is 0 Å². The molecule has 0 radical (unpaired) electrons. The maximum absolute atomic E-state index is 12.4. The van der Waals surface area contributed by atoms with Crippen molar-refractivity contribution < 1.29 is 14.4 Å². The van der Waals surface area contributed by atoms with Crippen molar-refractivity contribution in [2.45, 2.75) is 52.4 Å². The minimum absolute atomic E-state index is 0.0818. The number of ether oxygens (including phenoxy) is 2. The van der Waals surface area contributed by atoms with Crippen LogP contribution in [0.25, 0.3) is 10.9 Å². The van der Waals surface area contributed by atoms with Gasteiger partial charge in [0.15, 0.2) is 5.75 Å². The number of pyridine rings is 1. The number of nitro benzene ring substituents is 1. The molecule has 2 aromatic rings. The first-order valence-electron chi connectivity index (χ1n) is 9.18. The molecule has 1 heterocycles. The summed E-state index contributed by atoms with van der Waals surface area (Å²) in [6, 6.07) is 4.34. The lowest BCUT2D eigenvalue weighted by molar-refractivity contribution is -0.384. The van der Waals surface area contributed by atoms with E-state index in [-0.39, 0.29) is 11.4 Å². The summed E-state index contributed by atoms with van der Waals surface area (Å²) in [4.78, 5) is 25.6. The van der Waals surface area contributed by atoms with Crippen LogP contribution in [0.4, 0.5) is 5.69 Å². The van der Waals surface area contributed by atoms with Crippen molar-refractivity contribution in [2.24, 2.45) is 0 Å². The normalized spacial score (nSPS) is 10.8. The zero-order chi connectivity index (χ0) is 18.9. The van der Waals surface area contributed by atoms with E-state index in [0.717, 1.165) is 38.5 Å². The SMILES string of the molecule is CCCCCCOc1c(OCCCC)c(=O)[nH]c2cc([N+](=O)[O-])ccc12.